The van der Waals surface area contributed by atoms with E-state index in [0.717, 1.165) is 4.90 Å². The van der Waals surface area contributed by atoms with Gasteiger partial charge in [0.1, 0.15) is 0 Å². The molecule has 156 valence electrons. The molecule has 30 heavy (non-hydrogen) atoms. The van der Waals surface area contributed by atoms with Crippen LogP contribution in [0.4, 0.5) is 13.2 Å². The maximum absolute atomic E-state index is 14.8. The number of nitrogens with zero attached hydrogens (tertiary/aromatic N) is 1. The molecule has 0 fully saturated rings. The number of carbonyl (C=O) groups is 2. The van der Waals surface area contributed by atoms with Crippen LogP contribution in [-0.2, 0) is 22.7 Å². The van der Waals surface area contributed by atoms with Gasteiger partial charge in [-0.15, -0.1) is 0 Å². The van der Waals surface area contributed by atoms with E-state index in [2.05, 4.69) is 5.32 Å². The predicted molar refractivity (Wildman–Crippen MR) is 107 cm³/mol. The van der Waals surface area contributed by atoms with Gasteiger partial charge in [-0.2, -0.15) is 8.78 Å². The number of halogens is 4. The van der Waals surface area contributed by atoms with E-state index in [0.29, 0.717) is 16.7 Å². The fraction of sp³-hybridized carbons (Fsp3) is 0.182. The molecule has 3 rings (SSSR count). The van der Waals surface area contributed by atoms with Gasteiger partial charge in [0.25, 0.3) is 11.8 Å². The van der Waals surface area contributed by atoms with Gasteiger partial charge in [-0.25, -0.2) is 4.39 Å². The summed E-state index contributed by atoms with van der Waals surface area (Å²) in [5.74, 6) is -8.11. The molecule has 0 spiro atoms. The number of hydrogen-bond acceptors (Lipinski definition) is 2. The summed E-state index contributed by atoms with van der Waals surface area (Å²) in [5.41, 5.74) is 0.162. The molecule has 1 aliphatic heterocycles. The van der Waals surface area contributed by atoms with Crippen LogP contribution in [0.2, 0.25) is 0 Å². The summed E-state index contributed by atoms with van der Waals surface area (Å²) in [4.78, 5) is 25.5. The van der Waals surface area contributed by atoms with Crippen LogP contribution in [-0.4, -0.2) is 29.2 Å². The zero-order valence-electron chi connectivity index (χ0n) is 15.7. The molecule has 0 bridgehead atoms. The topological polar surface area (TPSA) is 49.4 Å². The van der Waals surface area contributed by atoms with Gasteiger partial charge in [0.2, 0.25) is 0 Å². The lowest BCUT2D eigenvalue weighted by atomic mass is 10.0. The van der Waals surface area contributed by atoms with E-state index in [1.807, 2.05) is 0 Å². The second-order valence-corrected chi connectivity index (χ2v) is 6.92. The third-order valence-corrected chi connectivity index (χ3v) is 4.88. The molecule has 1 N–H and O–H groups in total. The largest absolute Gasteiger partial charge is 0.351 e. The Hall–Kier alpha value is -3.06. The van der Waals surface area contributed by atoms with Crippen LogP contribution in [0.25, 0.3) is 0 Å². The van der Waals surface area contributed by atoms with Crippen LogP contribution in [0.1, 0.15) is 11.1 Å². The molecular formula is C22H18ClF3N2O2. The van der Waals surface area contributed by atoms with Gasteiger partial charge >= 0.3 is 5.92 Å². The summed E-state index contributed by atoms with van der Waals surface area (Å²) < 4.78 is 44.1. The van der Waals surface area contributed by atoms with Gasteiger partial charge in [0, 0.05) is 24.2 Å². The third-order valence-electron chi connectivity index (χ3n) is 4.66. The average Bonchev–Trinajstić information content (AvgIpc) is 3.02. The van der Waals surface area contributed by atoms with Crippen LogP contribution >= 0.6 is 11.6 Å². The number of rotatable bonds is 7. The van der Waals surface area contributed by atoms with Crippen molar-refractivity contribution in [3.05, 3.63) is 94.3 Å². The number of nitrogens with one attached hydrogen (secondary N) is 1. The summed E-state index contributed by atoms with van der Waals surface area (Å²) >= 11 is 5.56. The highest BCUT2D eigenvalue weighted by atomic mass is 35.5. The van der Waals surface area contributed by atoms with Gasteiger partial charge in [-0.05, 0) is 11.1 Å². The van der Waals surface area contributed by atoms with Gasteiger partial charge in [0.05, 0.1) is 12.1 Å². The first-order valence-corrected chi connectivity index (χ1v) is 9.51. The van der Waals surface area contributed by atoms with Crippen LogP contribution in [0.5, 0.6) is 0 Å². The van der Waals surface area contributed by atoms with E-state index in [1.165, 1.54) is 0 Å². The van der Waals surface area contributed by atoms with Gasteiger partial charge in [0.15, 0.2) is 5.83 Å². The Morgan fingerprint density at radius 3 is 2.20 bits per heavy atom. The smallest absolute Gasteiger partial charge is 0.346 e. The number of amides is 2. The lowest BCUT2D eigenvalue weighted by molar-refractivity contribution is -0.140. The minimum Gasteiger partial charge on any atom is -0.346 e. The fourth-order valence-corrected chi connectivity index (χ4v) is 3.34. The Morgan fingerprint density at radius 2 is 1.63 bits per heavy atom. The standard InChI is InChI=1S/C22H18ClF3N2O2/c23-11-18(22(25,26)21(30)27-12-15-7-3-1-4-8-15)17-14-28(20(29)19(17)24)13-16-9-5-2-6-10-16/h1-11H,12-14H2,(H,27,30)/b18-11-. The van der Waals surface area contributed by atoms with E-state index >= 15 is 0 Å². The van der Waals surface area contributed by atoms with Gasteiger partial charge in [-0.3, -0.25) is 9.59 Å². The first-order valence-electron chi connectivity index (χ1n) is 9.07. The zero-order valence-corrected chi connectivity index (χ0v) is 16.5. The van der Waals surface area contributed by atoms with Crippen LogP contribution in [0.3, 0.4) is 0 Å². The maximum atomic E-state index is 14.8. The molecule has 8 heteroatoms. The second kappa shape index (κ2) is 9.17. The monoisotopic (exact) mass is 434 g/mol. The van der Waals surface area contributed by atoms with Crippen molar-refractivity contribution in [2.45, 2.75) is 19.0 Å². The number of carbonyl (C=O) groups excluding carboxylic acids is 2. The number of benzene rings is 2. The van der Waals surface area contributed by atoms with Crippen molar-refractivity contribution in [2.75, 3.05) is 6.54 Å². The summed E-state index contributed by atoms with van der Waals surface area (Å²) in [6.07, 6.45) is 0. The summed E-state index contributed by atoms with van der Waals surface area (Å²) in [7, 11) is 0. The molecule has 0 unspecified atom stereocenters. The number of alkyl halides is 2. The van der Waals surface area contributed by atoms with E-state index in [1.54, 1.807) is 60.7 Å². The van der Waals surface area contributed by atoms with Crippen LogP contribution in [0, 0.1) is 0 Å². The normalized spacial score (nSPS) is 15.0. The molecule has 2 aromatic rings. The molecular weight excluding hydrogens is 417 g/mol. The third kappa shape index (κ3) is 4.57. The van der Waals surface area contributed by atoms with Crippen molar-refractivity contribution in [1.29, 1.82) is 0 Å². The highest BCUT2D eigenvalue weighted by Crippen LogP contribution is 2.37. The number of hydrogen-bond donors (Lipinski definition) is 1. The minimum absolute atomic E-state index is 0.0396. The first kappa shape index (κ1) is 21.6. The summed E-state index contributed by atoms with van der Waals surface area (Å²) in [6.45, 7) is -0.511. The lowest BCUT2D eigenvalue weighted by Gasteiger charge is -2.21. The fourth-order valence-electron chi connectivity index (χ4n) is 3.07. The molecule has 2 aromatic carbocycles. The minimum atomic E-state index is -4.12. The SMILES string of the molecule is O=C1C(F)=C(/C(=C/Cl)C(F)(F)C(=O)NCc2ccccc2)CN1Cc1ccccc1. The quantitative estimate of drug-likeness (QED) is 0.705. The Morgan fingerprint density at radius 1 is 1.07 bits per heavy atom. The Balaban J connectivity index is 1.74. The summed E-state index contributed by atoms with van der Waals surface area (Å²) in [6, 6.07) is 17.2. The van der Waals surface area contributed by atoms with Gasteiger partial charge in [-0.1, -0.05) is 72.3 Å². The highest BCUT2D eigenvalue weighted by Gasteiger charge is 2.48. The highest BCUT2D eigenvalue weighted by molar-refractivity contribution is 6.26. The van der Waals surface area contributed by atoms with E-state index < -0.39 is 41.3 Å². The Labute approximate surface area is 176 Å². The Bertz CT molecular complexity index is 992. The van der Waals surface area contributed by atoms with Gasteiger partial charge < -0.3 is 10.2 Å². The zero-order chi connectivity index (χ0) is 21.7. The van der Waals surface area contributed by atoms with E-state index in [-0.39, 0.29) is 13.1 Å². The van der Waals surface area contributed by atoms with Crippen molar-refractivity contribution >= 4 is 23.4 Å². The second-order valence-electron chi connectivity index (χ2n) is 6.70. The lowest BCUT2D eigenvalue weighted by Crippen LogP contribution is -2.42. The van der Waals surface area contributed by atoms with E-state index in [9.17, 15) is 22.8 Å². The molecule has 4 nitrogen and oxygen atoms in total. The van der Waals surface area contributed by atoms with Crippen molar-refractivity contribution in [1.82, 2.24) is 10.2 Å². The molecule has 0 atom stereocenters. The predicted octanol–water partition coefficient (Wildman–Crippen LogP) is 4.33. The summed E-state index contributed by atoms with van der Waals surface area (Å²) in [5, 5.41) is 2.12. The van der Waals surface area contributed by atoms with Crippen molar-refractivity contribution < 1.29 is 22.8 Å². The average molecular weight is 435 g/mol. The van der Waals surface area contributed by atoms with Crippen LogP contribution < -0.4 is 5.32 Å². The first-order chi connectivity index (χ1) is 14.3. The molecule has 1 heterocycles. The van der Waals surface area contributed by atoms with Crippen molar-refractivity contribution in [3.8, 4) is 0 Å². The molecule has 0 saturated heterocycles. The van der Waals surface area contributed by atoms with Crippen molar-refractivity contribution in [2.24, 2.45) is 0 Å². The molecule has 2 amide bonds. The molecule has 0 aromatic heterocycles. The molecule has 0 saturated carbocycles. The maximum Gasteiger partial charge on any atom is 0.351 e. The molecule has 0 aliphatic carbocycles. The molecule has 1 aliphatic rings. The van der Waals surface area contributed by atoms with Crippen molar-refractivity contribution in [3.63, 3.8) is 0 Å². The van der Waals surface area contributed by atoms with Crippen LogP contribution in [0.15, 0.2) is 83.2 Å². The van der Waals surface area contributed by atoms with E-state index in [4.69, 9.17) is 11.6 Å². The molecule has 0 radical (unpaired) electrons. The Kier molecular flexibility index (Phi) is 6.62.